The number of thioether (sulfide) groups is 1. The van der Waals surface area contributed by atoms with E-state index in [1.807, 2.05) is 59.8 Å². The SMILES string of the molecule is CCOc1cc(/C=C2/SC(=Nc3ccccc3)NC2=O)cc(I)c1O. The number of aromatic hydroxyl groups is 1. The van der Waals surface area contributed by atoms with E-state index < -0.39 is 0 Å². The van der Waals surface area contributed by atoms with E-state index in [2.05, 4.69) is 10.3 Å². The Kier molecular flexibility index (Phi) is 5.64. The summed E-state index contributed by atoms with van der Waals surface area (Å²) >= 11 is 3.32. The van der Waals surface area contributed by atoms with Crippen LogP contribution >= 0.6 is 34.4 Å². The molecule has 3 rings (SSSR count). The van der Waals surface area contributed by atoms with E-state index in [4.69, 9.17) is 4.74 Å². The zero-order chi connectivity index (χ0) is 17.8. The second-order valence-electron chi connectivity index (χ2n) is 5.10. The highest BCUT2D eigenvalue weighted by molar-refractivity contribution is 14.1. The number of para-hydroxylation sites is 1. The Labute approximate surface area is 163 Å². The number of hydrogen-bond donors (Lipinski definition) is 2. The molecule has 1 aliphatic rings. The van der Waals surface area contributed by atoms with Crippen LogP contribution in [0.25, 0.3) is 6.08 Å². The maximum atomic E-state index is 12.2. The van der Waals surface area contributed by atoms with Gasteiger partial charge in [-0.1, -0.05) is 18.2 Å². The molecule has 1 saturated heterocycles. The number of amidine groups is 1. The molecule has 0 spiro atoms. The lowest BCUT2D eigenvalue weighted by Gasteiger charge is -2.08. The summed E-state index contributed by atoms with van der Waals surface area (Å²) in [5.74, 6) is 0.322. The van der Waals surface area contributed by atoms with Gasteiger partial charge in [0.1, 0.15) is 0 Å². The second-order valence-corrected chi connectivity index (χ2v) is 7.29. The van der Waals surface area contributed by atoms with Crippen LogP contribution in [0.2, 0.25) is 0 Å². The third kappa shape index (κ3) is 4.35. The molecular weight excluding hydrogens is 451 g/mol. The van der Waals surface area contributed by atoms with Crippen LogP contribution in [0.4, 0.5) is 5.69 Å². The van der Waals surface area contributed by atoms with Crippen molar-refractivity contribution < 1.29 is 14.6 Å². The van der Waals surface area contributed by atoms with Crippen LogP contribution in [0.1, 0.15) is 12.5 Å². The van der Waals surface area contributed by atoms with E-state index in [1.165, 1.54) is 11.8 Å². The van der Waals surface area contributed by atoms with Crippen molar-refractivity contribution in [2.24, 2.45) is 4.99 Å². The Hall–Kier alpha value is -2.00. The maximum absolute atomic E-state index is 12.2. The topological polar surface area (TPSA) is 70.9 Å². The Morgan fingerprint density at radius 1 is 1.32 bits per heavy atom. The van der Waals surface area contributed by atoms with Gasteiger partial charge in [-0.3, -0.25) is 4.79 Å². The lowest BCUT2D eigenvalue weighted by molar-refractivity contribution is -0.115. The number of phenolic OH excluding ortho intramolecular Hbond substituents is 1. The summed E-state index contributed by atoms with van der Waals surface area (Å²) in [6.45, 7) is 2.30. The van der Waals surface area contributed by atoms with Gasteiger partial charge in [0.15, 0.2) is 16.7 Å². The van der Waals surface area contributed by atoms with Crippen molar-refractivity contribution in [3.05, 3.63) is 56.5 Å². The molecule has 0 aromatic heterocycles. The van der Waals surface area contributed by atoms with Crippen molar-refractivity contribution >= 4 is 57.2 Å². The van der Waals surface area contributed by atoms with E-state index in [1.54, 1.807) is 18.2 Å². The normalized spacial score (nSPS) is 17.1. The van der Waals surface area contributed by atoms with Crippen molar-refractivity contribution in [1.82, 2.24) is 5.32 Å². The molecule has 0 radical (unpaired) electrons. The van der Waals surface area contributed by atoms with Gasteiger partial charge in [0.2, 0.25) is 0 Å². The number of halogens is 1. The zero-order valence-corrected chi connectivity index (χ0v) is 16.3. The summed E-state index contributed by atoms with van der Waals surface area (Å²) in [6, 6.07) is 13.0. The summed E-state index contributed by atoms with van der Waals surface area (Å²) in [5, 5.41) is 13.3. The van der Waals surface area contributed by atoms with Gasteiger partial charge in [0, 0.05) is 0 Å². The predicted octanol–water partition coefficient (Wildman–Crippen LogP) is 4.29. The quantitative estimate of drug-likeness (QED) is 0.521. The maximum Gasteiger partial charge on any atom is 0.264 e. The van der Waals surface area contributed by atoms with Gasteiger partial charge in [-0.05, 0) is 77.2 Å². The van der Waals surface area contributed by atoms with Gasteiger partial charge >= 0.3 is 0 Å². The van der Waals surface area contributed by atoms with Crippen LogP contribution in [0.3, 0.4) is 0 Å². The lowest BCUT2D eigenvalue weighted by Crippen LogP contribution is -2.19. The fourth-order valence-corrected chi connectivity index (χ4v) is 3.66. The highest BCUT2D eigenvalue weighted by Gasteiger charge is 2.24. The molecule has 1 amide bonds. The third-order valence-corrected chi connectivity index (χ3v) is 5.02. The molecule has 2 N–H and O–H groups in total. The summed E-state index contributed by atoms with van der Waals surface area (Å²) in [7, 11) is 0. The minimum atomic E-state index is -0.194. The summed E-state index contributed by atoms with van der Waals surface area (Å²) in [5.41, 5.74) is 1.56. The number of amides is 1. The smallest absolute Gasteiger partial charge is 0.264 e. The minimum absolute atomic E-state index is 0.111. The molecule has 1 fully saturated rings. The minimum Gasteiger partial charge on any atom is -0.504 e. The Morgan fingerprint density at radius 2 is 2.08 bits per heavy atom. The van der Waals surface area contributed by atoms with Crippen LogP contribution < -0.4 is 10.1 Å². The third-order valence-electron chi connectivity index (χ3n) is 3.29. The molecule has 5 nitrogen and oxygen atoms in total. The first-order valence-electron chi connectivity index (χ1n) is 7.56. The molecule has 2 aromatic carbocycles. The van der Waals surface area contributed by atoms with E-state index in [-0.39, 0.29) is 11.7 Å². The molecule has 0 unspecified atom stereocenters. The largest absolute Gasteiger partial charge is 0.504 e. The van der Waals surface area contributed by atoms with Gasteiger partial charge in [-0.2, -0.15) is 0 Å². The second kappa shape index (κ2) is 7.92. The van der Waals surface area contributed by atoms with Gasteiger partial charge in [-0.25, -0.2) is 4.99 Å². The molecule has 0 atom stereocenters. The molecule has 0 aliphatic carbocycles. The molecular formula is C18H15IN2O3S. The number of carbonyl (C=O) groups excluding carboxylic acids is 1. The average Bonchev–Trinajstić information content (AvgIpc) is 2.92. The average molecular weight is 466 g/mol. The van der Waals surface area contributed by atoms with Gasteiger partial charge in [0.25, 0.3) is 5.91 Å². The summed E-state index contributed by atoms with van der Waals surface area (Å²) in [6.07, 6.45) is 1.76. The fourth-order valence-electron chi connectivity index (χ4n) is 2.19. The highest BCUT2D eigenvalue weighted by Crippen LogP contribution is 2.35. The van der Waals surface area contributed by atoms with Crippen molar-refractivity contribution in [3.63, 3.8) is 0 Å². The monoisotopic (exact) mass is 466 g/mol. The van der Waals surface area contributed by atoms with Crippen LogP contribution in [0.15, 0.2) is 52.4 Å². The van der Waals surface area contributed by atoms with Crippen molar-refractivity contribution in [2.75, 3.05) is 6.61 Å². The predicted molar refractivity (Wildman–Crippen MR) is 109 cm³/mol. The first-order valence-corrected chi connectivity index (χ1v) is 9.46. The molecule has 1 heterocycles. The number of nitrogens with zero attached hydrogens (tertiary/aromatic N) is 1. The van der Waals surface area contributed by atoms with Crippen LogP contribution in [0, 0.1) is 3.57 Å². The van der Waals surface area contributed by atoms with Gasteiger partial charge in [-0.15, -0.1) is 0 Å². The molecule has 7 heteroatoms. The summed E-state index contributed by atoms with van der Waals surface area (Å²) in [4.78, 5) is 17.1. The number of benzene rings is 2. The fraction of sp³-hybridized carbons (Fsp3) is 0.111. The summed E-state index contributed by atoms with van der Waals surface area (Å²) < 4.78 is 6.10. The highest BCUT2D eigenvalue weighted by atomic mass is 127. The van der Waals surface area contributed by atoms with Crippen molar-refractivity contribution in [3.8, 4) is 11.5 Å². The van der Waals surface area contributed by atoms with E-state index in [0.717, 1.165) is 11.3 Å². The van der Waals surface area contributed by atoms with Gasteiger partial charge < -0.3 is 15.2 Å². The van der Waals surface area contributed by atoms with E-state index >= 15 is 0 Å². The molecule has 0 bridgehead atoms. The zero-order valence-electron chi connectivity index (χ0n) is 13.3. The number of phenols is 1. The molecule has 128 valence electrons. The number of rotatable bonds is 4. The molecule has 1 aliphatic heterocycles. The number of nitrogens with one attached hydrogen (secondary N) is 1. The van der Waals surface area contributed by atoms with E-state index in [9.17, 15) is 9.90 Å². The van der Waals surface area contributed by atoms with Crippen LogP contribution in [-0.2, 0) is 4.79 Å². The number of hydrogen-bond acceptors (Lipinski definition) is 5. The number of ether oxygens (including phenoxy) is 1. The molecule has 2 aromatic rings. The molecule has 0 saturated carbocycles. The molecule has 25 heavy (non-hydrogen) atoms. The standard InChI is InChI=1S/C18H15IN2O3S/c1-2-24-14-9-11(8-13(19)16(14)22)10-15-17(23)21-18(25-15)20-12-6-4-3-5-7-12/h3-10,22H,2H2,1H3,(H,20,21,23)/b15-10+. The first kappa shape index (κ1) is 17.8. The van der Waals surface area contributed by atoms with Gasteiger partial charge in [0.05, 0.1) is 20.8 Å². The Bertz CT molecular complexity index is 866. The van der Waals surface area contributed by atoms with E-state index in [0.29, 0.717) is 26.0 Å². The first-order chi connectivity index (χ1) is 12.1. The number of aliphatic imine (C=N–C) groups is 1. The van der Waals surface area contributed by atoms with Crippen molar-refractivity contribution in [1.29, 1.82) is 0 Å². The van der Waals surface area contributed by atoms with Crippen LogP contribution in [-0.4, -0.2) is 22.8 Å². The van der Waals surface area contributed by atoms with Crippen LogP contribution in [0.5, 0.6) is 11.5 Å². The lowest BCUT2D eigenvalue weighted by atomic mass is 10.2. The van der Waals surface area contributed by atoms with Crippen molar-refractivity contribution in [2.45, 2.75) is 6.92 Å². The Balaban J connectivity index is 1.87. The number of carbonyl (C=O) groups is 1. The Morgan fingerprint density at radius 3 is 2.80 bits per heavy atom.